The van der Waals surface area contributed by atoms with Crippen molar-refractivity contribution in [1.82, 2.24) is 0 Å². The number of carbonyl (C=O) groups is 4. The van der Waals surface area contributed by atoms with Crippen molar-refractivity contribution < 1.29 is 72.1 Å². The second-order valence-electron chi connectivity index (χ2n) is 14.9. The maximum absolute atomic E-state index is 13.6. The van der Waals surface area contributed by atoms with Gasteiger partial charge in [0.25, 0.3) is 5.97 Å². The van der Waals surface area contributed by atoms with Gasteiger partial charge in [0.15, 0.2) is 22.4 Å². The highest BCUT2D eigenvalue weighted by Gasteiger charge is 3.08. The quantitative estimate of drug-likeness (QED) is 0.290. The molecule has 4 saturated heterocycles. The first kappa shape index (κ1) is 29.1. The van der Waals surface area contributed by atoms with Crippen LogP contribution in [0.25, 0.3) is 0 Å². The molecule has 15 atom stereocenters. The van der Waals surface area contributed by atoms with Gasteiger partial charge >= 0.3 is 23.9 Å². The van der Waals surface area contributed by atoms with E-state index in [1.165, 1.54) is 19.5 Å². The molecule has 0 amide bonds. The Morgan fingerprint density at radius 1 is 0.935 bits per heavy atom. The van der Waals surface area contributed by atoms with Gasteiger partial charge in [-0.25, -0.2) is 0 Å². The summed E-state index contributed by atoms with van der Waals surface area (Å²) in [4.78, 5) is 52.5. The average Bonchev–Trinajstić information content (AvgIpc) is 3.73. The Morgan fingerprint density at radius 3 is 2.28 bits per heavy atom. The Kier molecular flexibility index (Phi) is 4.93. The smallest absolute Gasteiger partial charge is 0.307 e. The molecule has 4 aliphatic carbocycles. The molecule has 3 N–H and O–H groups in total. The van der Waals surface area contributed by atoms with E-state index in [1.54, 1.807) is 19.9 Å². The van der Waals surface area contributed by atoms with E-state index in [-0.39, 0.29) is 12.8 Å². The van der Waals surface area contributed by atoms with E-state index in [0.29, 0.717) is 5.56 Å². The third kappa shape index (κ3) is 2.46. The minimum absolute atomic E-state index is 0.0871. The van der Waals surface area contributed by atoms with Crippen LogP contribution >= 0.6 is 0 Å². The Bertz CT molecular complexity index is 1640. The summed E-state index contributed by atoms with van der Waals surface area (Å²) >= 11 is 0. The highest BCUT2D eigenvalue weighted by molar-refractivity contribution is 5.78. The van der Waals surface area contributed by atoms with Crippen LogP contribution in [0, 0.1) is 22.7 Å². The third-order valence-corrected chi connectivity index (χ3v) is 13.0. The van der Waals surface area contributed by atoms with Crippen molar-refractivity contribution in [1.29, 1.82) is 0 Å². The number of furan rings is 1. The van der Waals surface area contributed by atoms with E-state index < -0.39 is 117 Å². The summed E-state index contributed by atoms with van der Waals surface area (Å²) in [6, 6.07) is 1.55. The maximum atomic E-state index is 13.6. The lowest BCUT2D eigenvalue weighted by molar-refractivity contribution is -0.497. The van der Waals surface area contributed by atoms with Crippen molar-refractivity contribution in [3.63, 3.8) is 0 Å². The van der Waals surface area contributed by atoms with E-state index in [0.717, 1.165) is 13.8 Å². The lowest BCUT2D eigenvalue weighted by atomic mass is 9.35. The average molecular weight is 647 g/mol. The third-order valence-electron chi connectivity index (χ3n) is 13.0. The molecular weight excluding hydrogens is 612 g/mol. The lowest BCUT2D eigenvalue weighted by Crippen LogP contribution is -2.99. The van der Waals surface area contributed by atoms with Crippen molar-refractivity contribution in [2.24, 2.45) is 22.7 Å². The molecule has 1 aromatic heterocycles. The van der Waals surface area contributed by atoms with Gasteiger partial charge in [-0.3, -0.25) is 19.2 Å². The minimum Gasteiger partial charge on any atom is -0.472 e. The van der Waals surface area contributed by atoms with Gasteiger partial charge in [-0.2, -0.15) is 0 Å². The van der Waals surface area contributed by atoms with Gasteiger partial charge in [-0.1, -0.05) is 13.8 Å². The van der Waals surface area contributed by atoms with E-state index in [2.05, 4.69) is 0 Å². The number of aliphatic hydroxyl groups is 3. The van der Waals surface area contributed by atoms with Crippen LogP contribution < -0.4 is 0 Å². The van der Waals surface area contributed by atoms with Crippen molar-refractivity contribution in [2.45, 2.75) is 118 Å². The molecule has 15 heteroatoms. The van der Waals surface area contributed by atoms with Crippen LogP contribution in [0.4, 0.5) is 0 Å². The molecule has 46 heavy (non-hydrogen) atoms. The molecule has 9 rings (SSSR count). The number of fused-ring (bicyclic) bond motifs is 4. The van der Waals surface area contributed by atoms with Crippen molar-refractivity contribution in [3.8, 4) is 0 Å². The number of rotatable bonds is 3. The molecule has 4 bridgehead atoms. The van der Waals surface area contributed by atoms with E-state index in [9.17, 15) is 34.5 Å². The fourth-order valence-corrected chi connectivity index (χ4v) is 12.2. The summed E-state index contributed by atoms with van der Waals surface area (Å²) in [5.74, 6) is -7.27. The predicted octanol–water partition coefficient (Wildman–Crippen LogP) is -0.0738. The van der Waals surface area contributed by atoms with Gasteiger partial charge in [-0.05, 0) is 12.5 Å². The van der Waals surface area contributed by atoms with E-state index in [4.69, 9.17) is 37.6 Å². The van der Waals surface area contributed by atoms with Gasteiger partial charge in [0.05, 0.1) is 30.8 Å². The summed E-state index contributed by atoms with van der Waals surface area (Å²) in [5.41, 5.74) is -13.7. The first-order valence-electron chi connectivity index (χ1n) is 15.4. The highest BCUT2D eigenvalue weighted by atomic mass is 16.9. The molecule has 1 aromatic rings. The molecule has 15 nitrogen and oxygen atoms in total. The zero-order valence-corrected chi connectivity index (χ0v) is 25.6. The summed E-state index contributed by atoms with van der Waals surface area (Å²) in [5, 5.41) is 38.9. The molecule has 0 unspecified atom stereocenters. The molecular formula is C31H34O15. The van der Waals surface area contributed by atoms with Gasteiger partial charge in [0.2, 0.25) is 0 Å². The standard InChI is InChI=1S/C31H34O15/c1-12(32)40-21-19(36)31-29(16-9-17(34)42-20(25(16,21)4)14-6-7-39-10-14)22(37)28(38)23(41-13(2)33)24(3)11-27(28,44-26(5,45-29)46-31)30(31)15(24)8-18(35)43-30/h6-7,10,15-16,19-23,36-38H,8-9,11H2,1-5H3/t15-,16+,19+,20+,21-,22+,23-,24+,25+,26+,27+,28-,29+,30+,31-/m0/s1. The topological polar surface area (TPSA) is 207 Å². The molecule has 3 spiro atoms. The molecule has 5 heterocycles. The lowest BCUT2D eigenvalue weighted by Gasteiger charge is -2.76. The fourth-order valence-electron chi connectivity index (χ4n) is 12.2. The van der Waals surface area contributed by atoms with Crippen molar-refractivity contribution >= 4 is 23.9 Å². The number of hydrogen-bond acceptors (Lipinski definition) is 15. The monoisotopic (exact) mass is 646 g/mol. The van der Waals surface area contributed by atoms with Crippen LogP contribution in [-0.2, 0) is 52.3 Å². The van der Waals surface area contributed by atoms with Gasteiger partial charge in [0.1, 0.15) is 36.1 Å². The molecule has 8 fully saturated rings. The predicted molar refractivity (Wildman–Crippen MR) is 141 cm³/mol. The molecule has 0 aromatic carbocycles. The fraction of sp³-hybridized carbons (Fsp3) is 0.742. The van der Waals surface area contributed by atoms with Crippen LogP contribution in [-0.4, -0.2) is 97.6 Å². The Morgan fingerprint density at radius 2 is 1.63 bits per heavy atom. The Balaban J connectivity index is 1.41. The molecule has 248 valence electrons. The number of hydrogen-bond donors (Lipinski definition) is 3. The van der Waals surface area contributed by atoms with Crippen LogP contribution in [0.3, 0.4) is 0 Å². The molecule has 4 saturated carbocycles. The first-order chi connectivity index (χ1) is 21.5. The molecule has 8 aliphatic rings. The number of cyclic esters (lactones) is 1. The second-order valence-corrected chi connectivity index (χ2v) is 14.9. The van der Waals surface area contributed by atoms with Gasteiger partial charge in [0, 0.05) is 43.6 Å². The van der Waals surface area contributed by atoms with Crippen molar-refractivity contribution in [2.75, 3.05) is 0 Å². The zero-order valence-electron chi connectivity index (χ0n) is 25.6. The van der Waals surface area contributed by atoms with Crippen LogP contribution in [0.5, 0.6) is 0 Å². The summed E-state index contributed by atoms with van der Waals surface area (Å²) < 4.78 is 49.4. The number of aliphatic hydroxyl groups excluding tert-OH is 2. The van der Waals surface area contributed by atoms with Crippen molar-refractivity contribution in [3.05, 3.63) is 24.2 Å². The number of ether oxygens (including phenoxy) is 7. The van der Waals surface area contributed by atoms with Crippen LogP contribution in [0.15, 0.2) is 23.0 Å². The molecule has 0 radical (unpaired) electrons. The van der Waals surface area contributed by atoms with Crippen LogP contribution in [0.2, 0.25) is 0 Å². The largest absolute Gasteiger partial charge is 0.472 e. The Hall–Kier alpha value is -3.08. The Labute approximate surface area is 261 Å². The van der Waals surface area contributed by atoms with Gasteiger partial charge < -0.3 is 52.9 Å². The normalized spacial score (nSPS) is 58.1. The summed E-state index contributed by atoms with van der Waals surface area (Å²) in [6.45, 7) is 7.05. The first-order valence-corrected chi connectivity index (χ1v) is 15.4. The summed E-state index contributed by atoms with van der Waals surface area (Å²) in [6.07, 6.45) is -6.29. The summed E-state index contributed by atoms with van der Waals surface area (Å²) in [7, 11) is 0. The highest BCUT2D eigenvalue weighted by Crippen LogP contribution is 2.88. The van der Waals surface area contributed by atoms with E-state index >= 15 is 0 Å². The maximum Gasteiger partial charge on any atom is 0.307 e. The zero-order chi connectivity index (χ0) is 32.8. The SMILES string of the molecule is CC(=O)O[C@H]1[C@@H](O)[C@]23O[C@@]4(C)O[C@]2([C@@H]2CC(=O)O[C@H](c5ccoc5)[C@@]21C)[C@H](O)[C@]1(O)[C@@H](OC(C)=O)[C@]2(C)C[C@]1(O4)[C@@]31OC(=O)C[C@@H]21. The molecule has 4 aliphatic heterocycles. The number of carbonyl (C=O) groups excluding carboxylic acids is 4. The van der Waals surface area contributed by atoms with Gasteiger partial charge in [-0.15, -0.1) is 0 Å². The minimum atomic E-state index is -2.51. The van der Waals surface area contributed by atoms with Crippen LogP contribution in [0.1, 0.15) is 65.5 Å². The van der Waals surface area contributed by atoms with E-state index in [1.807, 2.05) is 0 Å². The number of esters is 4. The second kappa shape index (κ2) is 7.79.